The van der Waals surface area contributed by atoms with Crippen molar-refractivity contribution in [3.05, 3.63) is 23.4 Å². The minimum atomic E-state index is -3.57. The molecule has 0 spiro atoms. The van der Waals surface area contributed by atoms with E-state index in [1.54, 1.807) is 12.1 Å². The highest BCUT2D eigenvalue weighted by atomic mass is 35.5. The highest BCUT2D eigenvalue weighted by Gasteiger charge is 2.10. The van der Waals surface area contributed by atoms with Crippen molar-refractivity contribution < 1.29 is 8.42 Å². The monoisotopic (exact) mass is 263 g/mol. The molecule has 0 bridgehead atoms. The van der Waals surface area contributed by atoms with E-state index in [9.17, 15) is 8.42 Å². The Hall–Kier alpha value is -0.850. The Labute approximate surface area is 100 Å². The molecule has 1 aromatic heterocycles. The van der Waals surface area contributed by atoms with E-state index >= 15 is 0 Å². The molecule has 2 N–H and O–H groups in total. The van der Waals surface area contributed by atoms with Gasteiger partial charge in [0.15, 0.2) is 0 Å². The number of aromatic nitrogens is 1. The van der Waals surface area contributed by atoms with Gasteiger partial charge < -0.3 is 0 Å². The van der Waals surface area contributed by atoms with E-state index in [0.29, 0.717) is 6.54 Å². The van der Waals surface area contributed by atoms with Crippen LogP contribution in [0.3, 0.4) is 0 Å². The topological polar surface area (TPSA) is 71.1 Å². The second-order valence-corrected chi connectivity index (χ2v) is 5.58. The minimum absolute atomic E-state index is 0.198. The van der Waals surface area contributed by atoms with Crippen LogP contribution in [0, 0.1) is 5.92 Å². The van der Waals surface area contributed by atoms with Crippen LogP contribution >= 0.6 is 11.6 Å². The number of hydrogen-bond acceptors (Lipinski definition) is 3. The second-order valence-electron chi connectivity index (χ2n) is 3.69. The van der Waals surface area contributed by atoms with Crippen LogP contribution in [0.5, 0.6) is 0 Å². The van der Waals surface area contributed by atoms with Gasteiger partial charge in [-0.3, -0.25) is 4.72 Å². The predicted octanol–water partition coefficient (Wildman–Crippen LogP) is 1.64. The first kappa shape index (κ1) is 13.2. The van der Waals surface area contributed by atoms with Gasteiger partial charge in [-0.2, -0.15) is 13.1 Å². The lowest BCUT2D eigenvalue weighted by Crippen LogP contribution is -2.33. The molecule has 0 unspecified atom stereocenters. The van der Waals surface area contributed by atoms with Crippen molar-refractivity contribution in [2.45, 2.75) is 13.8 Å². The Balaban J connectivity index is 2.66. The van der Waals surface area contributed by atoms with Crippen LogP contribution in [0.25, 0.3) is 0 Å². The van der Waals surface area contributed by atoms with Crippen molar-refractivity contribution in [3.8, 4) is 0 Å². The summed E-state index contributed by atoms with van der Waals surface area (Å²) < 4.78 is 27.7. The lowest BCUT2D eigenvalue weighted by molar-refractivity contribution is 0.564. The summed E-state index contributed by atoms with van der Waals surface area (Å²) in [7, 11) is -3.57. The highest BCUT2D eigenvalue weighted by molar-refractivity contribution is 7.90. The van der Waals surface area contributed by atoms with Crippen molar-refractivity contribution in [3.63, 3.8) is 0 Å². The van der Waals surface area contributed by atoms with Crippen LogP contribution in [-0.2, 0) is 10.2 Å². The molecule has 0 saturated carbocycles. The van der Waals surface area contributed by atoms with E-state index in [2.05, 4.69) is 14.4 Å². The first-order valence-corrected chi connectivity index (χ1v) is 6.65. The first-order valence-electron chi connectivity index (χ1n) is 4.79. The number of halogens is 1. The van der Waals surface area contributed by atoms with E-state index < -0.39 is 10.2 Å². The van der Waals surface area contributed by atoms with E-state index in [4.69, 9.17) is 11.6 Å². The summed E-state index contributed by atoms with van der Waals surface area (Å²) in [5, 5.41) is 0.240. The molecule has 90 valence electrons. The minimum Gasteiger partial charge on any atom is -0.255 e. The zero-order valence-corrected chi connectivity index (χ0v) is 10.6. The van der Waals surface area contributed by atoms with Gasteiger partial charge in [0.2, 0.25) is 0 Å². The van der Waals surface area contributed by atoms with Crippen LogP contribution < -0.4 is 9.44 Å². The van der Waals surface area contributed by atoms with E-state index in [0.717, 1.165) is 0 Å². The Kier molecular flexibility index (Phi) is 4.52. The van der Waals surface area contributed by atoms with Crippen molar-refractivity contribution in [1.29, 1.82) is 0 Å². The van der Waals surface area contributed by atoms with Gasteiger partial charge in [-0.05, 0) is 18.1 Å². The van der Waals surface area contributed by atoms with Gasteiger partial charge in [-0.15, -0.1) is 0 Å². The Bertz CT molecular complexity index is 448. The summed E-state index contributed by atoms with van der Waals surface area (Å²) in [4.78, 5) is 3.82. The molecule has 1 rings (SSSR count). The Morgan fingerprint density at radius 1 is 1.44 bits per heavy atom. The normalized spacial score (nSPS) is 11.8. The molecule has 16 heavy (non-hydrogen) atoms. The van der Waals surface area contributed by atoms with Crippen LogP contribution in [0.15, 0.2) is 18.2 Å². The van der Waals surface area contributed by atoms with Gasteiger partial charge in [0, 0.05) is 6.54 Å². The third-order valence-corrected chi connectivity index (χ3v) is 2.87. The molecule has 0 fully saturated rings. The molecule has 0 aliphatic heterocycles. The summed E-state index contributed by atoms with van der Waals surface area (Å²) in [5.41, 5.74) is 0. The molecule has 0 aliphatic rings. The fraction of sp³-hybridized carbons (Fsp3) is 0.444. The Morgan fingerprint density at radius 2 is 2.12 bits per heavy atom. The smallest absolute Gasteiger partial charge is 0.255 e. The van der Waals surface area contributed by atoms with Crippen molar-refractivity contribution >= 4 is 27.6 Å². The average molecular weight is 264 g/mol. The number of rotatable bonds is 5. The van der Waals surface area contributed by atoms with Crippen LogP contribution in [0.4, 0.5) is 5.82 Å². The molecule has 0 aliphatic carbocycles. The van der Waals surface area contributed by atoms with Gasteiger partial charge in [-0.25, -0.2) is 4.98 Å². The lowest BCUT2D eigenvalue weighted by Gasteiger charge is -2.10. The molecule has 1 aromatic rings. The molecule has 0 aromatic carbocycles. The predicted molar refractivity (Wildman–Crippen MR) is 64.6 cm³/mol. The maximum atomic E-state index is 11.5. The molecular formula is C9H14ClN3O2S. The lowest BCUT2D eigenvalue weighted by atomic mass is 10.2. The van der Waals surface area contributed by atoms with Gasteiger partial charge in [0.25, 0.3) is 10.2 Å². The largest absolute Gasteiger partial charge is 0.300 e. The first-order chi connectivity index (χ1) is 7.39. The summed E-state index contributed by atoms with van der Waals surface area (Å²) in [6, 6.07) is 4.72. The van der Waals surface area contributed by atoms with Gasteiger partial charge in [0.1, 0.15) is 11.0 Å². The zero-order valence-electron chi connectivity index (χ0n) is 9.07. The molecule has 5 nitrogen and oxygen atoms in total. The van der Waals surface area contributed by atoms with Gasteiger partial charge in [0.05, 0.1) is 0 Å². The average Bonchev–Trinajstić information content (AvgIpc) is 2.14. The van der Waals surface area contributed by atoms with Gasteiger partial charge in [-0.1, -0.05) is 31.5 Å². The number of anilines is 1. The summed E-state index contributed by atoms with van der Waals surface area (Å²) in [5.74, 6) is 0.438. The SMILES string of the molecule is CC(C)CNS(=O)(=O)Nc1cccc(Cl)n1. The molecular weight excluding hydrogens is 250 g/mol. The van der Waals surface area contributed by atoms with Crippen molar-refractivity contribution in [2.75, 3.05) is 11.3 Å². The molecule has 0 saturated heterocycles. The Morgan fingerprint density at radius 3 is 2.69 bits per heavy atom. The number of nitrogens with zero attached hydrogens (tertiary/aromatic N) is 1. The van der Waals surface area contributed by atoms with Gasteiger partial charge >= 0.3 is 0 Å². The van der Waals surface area contributed by atoms with Crippen molar-refractivity contribution in [1.82, 2.24) is 9.71 Å². The third kappa shape index (κ3) is 4.78. The zero-order chi connectivity index (χ0) is 12.2. The quantitative estimate of drug-likeness (QED) is 0.794. The van der Waals surface area contributed by atoms with E-state index in [1.807, 2.05) is 13.8 Å². The highest BCUT2D eigenvalue weighted by Crippen LogP contribution is 2.10. The standard InChI is InChI=1S/C9H14ClN3O2S/c1-7(2)6-11-16(14,15)13-9-5-3-4-8(10)12-9/h3-5,7,11H,6H2,1-2H3,(H,12,13). The molecule has 1 heterocycles. The van der Waals surface area contributed by atoms with E-state index in [-0.39, 0.29) is 16.9 Å². The molecule has 0 radical (unpaired) electrons. The fourth-order valence-electron chi connectivity index (χ4n) is 0.915. The summed E-state index contributed by atoms with van der Waals surface area (Å²) in [6.07, 6.45) is 0. The number of pyridine rings is 1. The summed E-state index contributed by atoms with van der Waals surface area (Å²) in [6.45, 7) is 4.20. The van der Waals surface area contributed by atoms with E-state index in [1.165, 1.54) is 6.07 Å². The molecule has 7 heteroatoms. The second kappa shape index (κ2) is 5.47. The van der Waals surface area contributed by atoms with Crippen LogP contribution in [-0.4, -0.2) is 19.9 Å². The van der Waals surface area contributed by atoms with Crippen LogP contribution in [0.1, 0.15) is 13.8 Å². The third-order valence-electron chi connectivity index (χ3n) is 1.64. The number of nitrogens with one attached hydrogen (secondary N) is 2. The number of hydrogen-bond donors (Lipinski definition) is 2. The fourth-order valence-corrected chi connectivity index (χ4v) is 2.09. The van der Waals surface area contributed by atoms with Crippen molar-refractivity contribution in [2.24, 2.45) is 5.92 Å². The molecule has 0 amide bonds. The van der Waals surface area contributed by atoms with Crippen LogP contribution in [0.2, 0.25) is 5.15 Å². The summed E-state index contributed by atoms with van der Waals surface area (Å²) >= 11 is 5.63. The molecule has 0 atom stereocenters. The maximum absolute atomic E-state index is 11.5. The maximum Gasteiger partial charge on any atom is 0.300 e.